The van der Waals surface area contributed by atoms with Crippen molar-refractivity contribution in [2.45, 2.75) is 56.8 Å². The van der Waals surface area contributed by atoms with Crippen molar-refractivity contribution in [2.24, 2.45) is 5.92 Å². The van der Waals surface area contributed by atoms with Crippen LogP contribution in [0.5, 0.6) is 0 Å². The highest BCUT2D eigenvalue weighted by Crippen LogP contribution is 2.41. The zero-order valence-corrected chi connectivity index (χ0v) is 19.7. The normalized spacial score (nSPS) is 23.3. The number of hydrogen-bond acceptors (Lipinski definition) is 3. The van der Waals surface area contributed by atoms with Gasteiger partial charge in [0.25, 0.3) is 0 Å². The van der Waals surface area contributed by atoms with E-state index in [0.29, 0.717) is 36.6 Å². The van der Waals surface area contributed by atoms with E-state index in [-0.39, 0.29) is 18.0 Å². The van der Waals surface area contributed by atoms with E-state index in [1.165, 1.54) is 12.5 Å². The van der Waals surface area contributed by atoms with Crippen LogP contribution in [-0.2, 0) is 17.4 Å². The maximum absolute atomic E-state index is 13.5. The number of nitrogens with zero attached hydrogens (tertiary/aromatic N) is 2. The summed E-state index contributed by atoms with van der Waals surface area (Å²) < 4.78 is 40.3. The number of halogens is 4. The smallest absolute Gasteiger partial charge is 0.366 e. The molecule has 2 aromatic rings. The number of fused-ring (bicyclic) bond motifs is 3. The van der Waals surface area contributed by atoms with Crippen LogP contribution >= 0.6 is 11.6 Å². The van der Waals surface area contributed by atoms with Crippen molar-refractivity contribution >= 4 is 28.9 Å². The van der Waals surface area contributed by atoms with Crippen LogP contribution in [0, 0.1) is 5.92 Å². The van der Waals surface area contributed by atoms with Crippen LogP contribution in [0.2, 0.25) is 5.02 Å². The fourth-order valence-corrected chi connectivity index (χ4v) is 6.04. The van der Waals surface area contributed by atoms with E-state index in [9.17, 15) is 18.0 Å². The Kier molecular flexibility index (Phi) is 6.40. The minimum absolute atomic E-state index is 0.0500. The Balaban J connectivity index is 1.46. The van der Waals surface area contributed by atoms with Gasteiger partial charge in [-0.2, -0.15) is 13.2 Å². The third-order valence-corrected chi connectivity index (χ3v) is 7.84. The number of alkyl halides is 3. The molecule has 1 saturated heterocycles. The minimum Gasteiger partial charge on any atom is -0.366 e. The SMILES string of the molecule is O=C(NC1CCCCC1)[C@H]1Cc2cc(C(F)(F)F)ccc2N2CCN(c3ccccc3Cl)C[C@H]12. The Hall–Kier alpha value is -2.41. The molecule has 1 saturated carbocycles. The Morgan fingerprint density at radius 1 is 1.00 bits per heavy atom. The second kappa shape index (κ2) is 9.33. The van der Waals surface area contributed by atoms with Gasteiger partial charge in [0.1, 0.15) is 0 Å². The summed E-state index contributed by atoms with van der Waals surface area (Å²) in [7, 11) is 0. The van der Waals surface area contributed by atoms with Gasteiger partial charge in [-0.3, -0.25) is 4.79 Å². The van der Waals surface area contributed by atoms with Gasteiger partial charge in [-0.1, -0.05) is 43.0 Å². The van der Waals surface area contributed by atoms with E-state index >= 15 is 0 Å². The minimum atomic E-state index is -4.41. The summed E-state index contributed by atoms with van der Waals surface area (Å²) in [6.45, 7) is 1.88. The van der Waals surface area contributed by atoms with Gasteiger partial charge in [0.15, 0.2) is 0 Å². The van der Waals surface area contributed by atoms with Gasteiger partial charge >= 0.3 is 6.18 Å². The van der Waals surface area contributed by atoms with Crippen molar-refractivity contribution < 1.29 is 18.0 Å². The van der Waals surface area contributed by atoms with Crippen LogP contribution < -0.4 is 15.1 Å². The Morgan fingerprint density at radius 2 is 1.76 bits per heavy atom. The van der Waals surface area contributed by atoms with E-state index < -0.39 is 17.7 Å². The third kappa shape index (κ3) is 4.59. The quantitative estimate of drug-likeness (QED) is 0.600. The van der Waals surface area contributed by atoms with E-state index in [2.05, 4.69) is 15.1 Å². The van der Waals surface area contributed by atoms with Crippen molar-refractivity contribution in [2.75, 3.05) is 29.4 Å². The standard InChI is InChI=1S/C26H29ClF3N3O/c27-21-8-4-5-9-23(21)32-12-13-33-22-11-10-18(26(28,29)30)14-17(22)15-20(24(33)16-32)25(34)31-19-6-2-1-3-7-19/h4-5,8-11,14,19-20,24H,1-3,6-7,12-13,15-16H2,(H,31,34)/t20-,24+/m0/s1. The summed E-state index contributed by atoms with van der Waals surface area (Å²) in [6, 6.07) is 11.6. The summed E-state index contributed by atoms with van der Waals surface area (Å²) in [5.41, 5.74) is 1.67. The van der Waals surface area contributed by atoms with E-state index in [1.54, 1.807) is 6.07 Å². The van der Waals surface area contributed by atoms with Crippen molar-refractivity contribution in [3.8, 4) is 0 Å². The number of amides is 1. The fourth-order valence-electron chi connectivity index (χ4n) is 5.78. The van der Waals surface area contributed by atoms with E-state index in [0.717, 1.165) is 43.1 Å². The first-order chi connectivity index (χ1) is 16.3. The molecule has 4 nitrogen and oxygen atoms in total. The summed E-state index contributed by atoms with van der Waals surface area (Å²) in [5, 5.41) is 3.89. The van der Waals surface area contributed by atoms with Crippen LogP contribution in [0.3, 0.4) is 0 Å². The molecular formula is C26H29ClF3N3O. The molecule has 0 radical (unpaired) electrons. The number of rotatable bonds is 3. The molecule has 34 heavy (non-hydrogen) atoms. The number of benzene rings is 2. The molecule has 0 bridgehead atoms. The second-order valence-corrected chi connectivity index (χ2v) is 10.1. The monoisotopic (exact) mass is 491 g/mol. The number of piperazine rings is 1. The van der Waals surface area contributed by atoms with Crippen molar-refractivity contribution in [1.29, 1.82) is 0 Å². The Labute approximate surface area is 203 Å². The molecule has 0 unspecified atom stereocenters. The van der Waals surface area contributed by atoms with Crippen LogP contribution in [0.25, 0.3) is 0 Å². The average Bonchev–Trinajstić information content (AvgIpc) is 2.83. The predicted molar refractivity (Wildman–Crippen MR) is 128 cm³/mol. The first-order valence-electron chi connectivity index (χ1n) is 12.1. The molecule has 1 amide bonds. The molecule has 8 heteroatoms. The summed E-state index contributed by atoms with van der Waals surface area (Å²) in [4.78, 5) is 17.8. The average molecular weight is 492 g/mol. The van der Waals surface area contributed by atoms with Crippen molar-refractivity contribution in [3.63, 3.8) is 0 Å². The largest absolute Gasteiger partial charge is 0.416 e. The topological polar surface area (TPSA) is 35.6 Å². The highest BCUT2D eigenvalue weighted by atomic mass is 35.5. The lowest BCUT2D eigenvalue weighted by Crippen LogP contribution is -2.61. The molecular weight excluding hydrogens is 463 g/mol. The maximum Gasteiger partial charge on any atom is 0.416 e. The summed E-state index contributed by atoms with van der Waals surface area (Å²) >= 11 is 6.46. The van der Waals surface area contributed by atoms with Crippen molar-refractivity contribution in [3.05, 3.63) is 58.6 Å². The molecule has 2 aromatic carbocycles. The van der Waals surface area contributed by atoms with Gasteiger partial charge in [-0.25, -0.2) is 0 Å². The fraction of sp³-hybridized carbons (Fsp3) is 0.500. The Morgan fingerprint density at radius 3 is 2.50 bits per heavy atom. The molecule has 2 atom stereocenters. The lowest BCUT2D eigenvalue weighted by atomic mass is 9.82. The van der Waals surface area contributed by atoms with Crippen LogP contribution in [0.15, 0.2) is 42.5 Å². The van der Waals surface area contributed by atoms with Crippen LogP contribution in [-0.4, -0.2) is 37.6 Å². The number of carbonyl (C=O) groups excluding carboxylic acids is 1. The van der Waals surface area contributed by atoms with Crippen molar-refractivity contribution in [1.82, 2.24) is 5.32 Å². The number of anilines is 2. The molecule has 2 aliphatic heterocycles. The second-order valence-electron chi connectivity index (χ2n) is 9.65. The highest BCUT2D eigenvalue weighted by Gasteiger charge is 2.43. The maximum atomic E-state index is 13.5. The molecule has 2 heterocycles. The van der Waals surface area contributed by atoms with Crippen LogP contribution in [0.1, 0.15) is 43.2 Å². The van der Waals surface area contributed by atoms with Gasteiger partial charge in [-0.05, 0) is 55.2 Å². The highest BCUT2D eigenvalue weighted by molar-refractivity contribution is 6.33. The molecule has 0 spiro atoms. The van der Waals surface area contributed by atoms with Gasteiger partial charge in [0.05, 0.1) is 28.2 Å². The van der Waals surface area contributed by atoms with E-state index in [1.807, 2.05) is 24.3 Å². The lowest BCUT2D eigenvalue weighted by molar-refractivity contribution is -0.137. The lowest BCUT2D eigenvalue weighted by Gasteiger charge is -2.50. The molecule has 1 aliphatic carbocycles. The zero-order valence-electron chi connectivity index (χ0n) is 19.0. The van der Waals surface area contributed by atoms with Gasteiger partial charge < -0.3 is 15.1 Å². The predicted octanol–water partition coefficient (Wildman–Crippen LogP) is 5.68. The molecule has 2 fully saturated rings. The molecule has 1 N–H and O–H groups in total. The Bertz CT molecular complexity index is 1050. The van der Waals surface area contributed by atoms with E-state index in [4.69, 9.17) is 11.6 Å². The number of hydrogen-bond donors (Lipinski definition) is 1. The first-order valence-corrected chi connectivity index (χ1v) is 12.5. The number of nitrogens with one attached hydrogen (secondary N) is 1. The summed E-state index contributed by atoms with van der Waals surface area (Å²) in [5.74, 6) is -0.478. The van der Waals surface area contributed by atoms with Gasteiger partial charge in [-0.15, -0.1) is 0 Å². The zero-order chi connectivity index (χ0) is 23.9. The molecule has 182 valence electrons. The van der Waals surface area contributed by atoms with Crippen LogP contribution in [0.4, 0.5) is 24.5 Å². The summed E-state index contributed by atoms with van der Waals surface area (Å²) in [6.07, 6.45) is 1.21. The number of para-hydroxylation sites is 1. The number of carbonyl (C=O) groups is 1. The molecule has 3 aliphatic rings. The van der Waals surface area contributed by atoms with Gasteiger partial charge in [0, 0.05) is 31.4 Å². The molecule has 5 rings (SSSR count). The molecule has 0 aromatic heterocycles. The van der Waals surface area contributed by atoms with Gasteiger partial charge in [0.2, 0.25) is 5.91 Å². The third-order valence-electron chi connectivity index (χ3n) is 7.52. The first kappa shape index (κ1) is 23.3.